The molecule has 2 aromatic carbocycles. The average molecular weight is 544 g/mol. The van der Waals surface area contributed by atoms with Gasteiger partial charge in [0.1, 0.15) is 29.2 Å². The molecular formula is C28H31F2N3O6. The molecule has 0 radical (unpaired) electrons. The van der Waals surface area contributed by atoms with Crippen LogP contribution in [0.5, 0.6) is 11.6 Å². The maximum atomic E-state index is 15.1. The van der Waals surface area contributed by atoms with Crippen LogP contribution in [0.4, 0.5) is 14.5 Å². The van der Waals surface area contributed by atoms with Crippen LogP contribution in [-0.4, -0.2) is 53.8 Å². The van der Waals surface area contributed by atoms with E-state index in [4.69, 9.17) is 14.0 Å². The fraction of sp³-hybridized carbons (Fsp3) is 0.393. The Hall–Kier alpha value is -3.99. The quantitative estimate of drug-likeness (QED) is 0.414. The minimum absolute atomic E-state index is 0.0841. The molecular weight excluding hydrogens is 512 g/mol. The molecule has 0 bridgehead atoms. The van der Waals surface area contributed by atoms with E-state index in [1.807, 2.05) is 0 Å². The smallest absolute Gasteiger partial charge is 0.251 e. The summed E-state index contributed by atoms with van der Waals surface area (Å²) in [5.41, 5.74) is 0.201. The van der Waals surface area contributed by atoms with Gasteiger partial charge in [0.15, 0.2) is 0 Å². The lowest BCUT2D eigenvalue weighted by Gasteiger charge is -2.36. The van der Waals surface area contributed by atoms with Crippen molar-refractivity contribution in [2.45, 2.75) is 45.1 Å². The number of hydrogen-bond donors (Lipinski definition) is 2. The zero-order valence-electron chi connectivity index (χ0n) is 22.2. The standard InChI is InChI=1S/C28H31F2N3O6/c1-5-38-15-28(2,3)25-21(29)11-17(12-22(25)30)31-27(36)26-20-7-6-18(37-4)10-16(20)8-9-33(26)24(35)14-19-13-23(34)32-39-19/h6-7,10-13,26H,5,8-9,14-15H2,1-4H3,(H,31,36)(H,32,34)/t26-/m1/s1. The maximum absolute atomic E-state index is 15.1. The van der Waals surface area contributed by atoms with E-state index in [0.29, 0.717) is 24.3 Å². The first-order chi connectivity index (χ1) is 18.5. The highest BCUT2D eigenvalue weighted by Gasteiger charge is 2.37. The molecule has 0 unspecified atom stereocenters. The van der Waals surface area contributed by atoms with Crippen LogP contribution in [0.25, 0.3) is 0 Å². The van der Waals surface area contributed by atoms with E-state index >= 15 is 8.78 Å². The van der Waals surface area contributed by atoms with Crippen molar-refractivity contribution in [3.05, 3.63) is 70.5 Å². The molecule has 2 amide bonds. The number of rotatable bonds is 9. The second-order valence-corrected chi connectivity index (χ2v) is 9.96. The van der Waals surface area contributed by atoms with E-state index in [1.165, 1.54) is 18.1 Å². The van der Waals surface area contributed by atoms with Crippen molar-refractivity contribution in [3.8, 4) is 11.6 Å². The summed E-state index contributed by atoms with van der Waals surface area (Å²) < 4.78 is 45.9. The molecule has 0 saturated heterocycles. The van der Waals surface area contributed by atoms with Crippen LogP contribution in [0.15, 0.2) is 40.9 Å². The zero-order chi connectivity index (χ0) is 28.3. The van der Waals surface area contributed by atoms with Crippen LogP contribution in [-0.2, 0) is 32.6 Å². The number of carbonyl (C=O) groups excluding carboxylic acids is 2. The van der Waals surface area contributed by atoms with Crippen LogP contribution in [0, 0.1) is 11.6 Å². The predicted molar refractivity (Wildman–Crippen MR) is 138 cm³/mol. The number of hydrogen-bond acceptors (Lipinski definition) is 7. The maximum Gasteiger partial charge on any atom is 0.251 e. The highest BCUT2D eigenvalue weighted by Crippen LogP contribution is 2.35. The molecule has 2 N–H and O–H groups in total. The van der Waals surface area contributed by atoms with Gasteiger partial charge in [-0.25, -0.2) is 8.78 Å². The summed E-state index contributed by atoms with van der Waals surface area (Å²) in [6.07, 6.45) is 0.215. The minimum Gasteiger partial charge on any atom is -0.497 e. The summed E-state index contributed by atoms with van der Waals surface area (Å²) >= 11 is 0. The first-order valence-corrected chi connectivity index (χ1v) is 12.5. The molecule has 1 aromatic heterocycles. The Morgan fingerprint density at radius 1 is 1.21 bits per heavy atom. The van der Waals surface area contributed by atoms with Gasteiger partial charge in [0, 0.05) is 35.9 Å². The zero-order valence-corrected chi connectivity index (χ0v) is 22.2. The first kappa shape index (κ1) is 28.0. The molecule has 39 heavy (non-hydrogen) atoms. The normalized spacial score (nSPS) is 15.1. The van der Waals surface area contributed by atoms with Crippen molar-refractivity contribution >= 4 is 17.5 Å². The lowest BCUT2D eigenvalue weighted by atomic mass is 9.84. The second kappa shape index (κ2) is 11.4. The van der Waals surface area contributed by atoms with Crippen molar-refractivity contribution < 1.29 is 37.5 Å². The molecule has 4 rings (SSSR count). The Balaban J connectivity index is 1.64. The highest BCUT2D eigenvalue weighted by molar-refractivity contribution is 5.98. The monoisotopic (exact) mass is 543 g/mol. The summed E-state index contributed by atoms with van der Waals surface area (Å²) in [5, 5.41) is 15.4. The van der Waals surface area contributed by atoms with E-state index in [0.717, 1.165) is 17.7 Å². The van der Waals surface area contributed by atoms with Crippen LogP contribution in [0.1, 0.15) is 49.3 Å². The van der Waals surface area contributed by atoms with Crippen LogP contribution in [0.3, 0.4) is 0 Å². The first-order valence-electron chi connectivity index (χ1n) is 12.5. The number of fused-ring (bicyclic) bond motifs is 1. The Kier molecular flexibility index (Phi) is 8.19. The minimum atomic E-state index is -1.09. The van der Waals surface area contributed by atoms with E-state index in [-0.39, 0.29) is 42.5 Å². The average Bonchev–Trinajstić information content (AvgIpc) is 3.29. The molecule has 2 heterocycles. The number of aromatic nitrogens is 1. The van der Waals surface area contributed by atoms with Gasteiger partial charge < -0.3 is 29.3 Å². The highest BCUT2D eigenvalue weighted by atomic mass is 19.1. The van der Waals surface area contributed by atoms with Gasteiger partial charge in [-0.2, -0.15) is 0 Å². The van der Waals surface area contributed by atoms with E-state index < -0.39 is 34.9 Å². The third-order valence-electron chi connectivity index (χ3n) is 6.67. The SMILES string of the molecule is CCOCC(C)(C)c1c(F)cc(NC(=O)[C@H]2c3ccc(OC)cc3CCN2C(=O)Cc2cc(O)no2)cc1F. The molecule has 0 saturated carbocycles. The number of ether oxygens (including phenoxy) is 2. The summed E-state index contributed by atoms with van der Waals surface area (Å²) in [7, 11) is 1.53. The molecule has 0 spiro atoms. The Morgan fingerprint density at radius 2 is 1.92 bits per heavy atom. The molecule has 1 atom stereocenters. The third kappa shape index (κ3) is 6.03. The molecule has 3 aromatic rings. The Morgan fingerprint density at radius 3 is 2.54 bits per heavy atom. The molecule has 1 aliphatic heterocycles. The fourth-order valence-corrected chi connectivity index (χ4v) is 4.85. The molecule has 1 aliphatic rings. The van der Waals surface area contributed by atoms with Crippen molar-refractivity contribution in [1.82, 2.24) is 10.1 Å². The summed E-state index contributed by atoms with van der Waals surface area (Å²) in [6.45, 7) is 5.86. The van der Waals surface area contributed by atoms with E-state index in [2.05, 4.69) is 10.5 Å². The molecule has 11 heteroatoms. The van der Waals surface area contributed by atoms with Gasteiger partial charge in [-0.15, -0.1) is 0 Å². The van der Waals surface area contributed by atoms with Crippen molar-refractivity contribution in [1.29, 1.82) is 0 Å². The van der Waals surface area contributed by atoms with Crippen LogP contribution < -0.4 is 10.1 Å². The number of amides is 2. The fourth-order valence-electron chi connectivity index (χ4n) is 4.85. The van der Waals surface area contributed by atoms with Gasteiger partial charge >= 0.3 is 0 Å². The van der Waals surface area contributed by atoms with Crippen LogP contribution >= 0.6 is 0 Å². The lowest BCUT2D eigenvalue weighted by Crippen LogP contribution is -2.46. The summed E-state index contributed by atoms with van der Waals surface area (Å²) in [4.78, 5) is 28.2. The summed E-state index contributed by atoms with van der Waals surface area (Å²) in [6, 6.07) is 7.41. The van der Waals surface area contributed by atoms with Gasteiger partial charge in [-0.1, -0.05) is 19.9 Å². The third-order valence-corrected chi connectivity index (χ3v) is 6.67. The number of anilines is 1. The number of halogens is 2. The Labute approximate surface area is 224 Å². The number of aromatic hydroxyl groups is 1. The van der Waals surface area contributed by atoms with Crippen LogP contribution in [0.2, 0.25) is 0 Å². The van der Waals surface area contributed by atoms with Gasteiger partial charge in [0.2, 0.25) is 5.91 Å². The predicted octanol–water partition coefficient (Wildman–Crippen LogP) is 4.29. The van der Waals surface area contributed by atoms with Gasteiger partial charge in [-0.3, -0.25) is 9.59 Å². The van der Waals surface area contributed by atoms with Gasteiger partial charge in [0.05, 0.1) is 20.1 Å². The lowest BCUT2D eigenvalue weighted by molar-refractivity contribution is -0.139. The number of benzene rings is 2. The van der Waals surface area contributed by atoms with Crippen molar-refractivity contribution in [2.75, 3.05) is 32.2 Å². The second-order valence-electron chi connectivity index (χ2n) is 9.96. The molecule has 9 nitrogen and oxygen atoms in total. The Bertz CT molecular complexity index is 1350. The molecule has 0 aliphatic carbocycles. The number of nitrogens with one attached hydrogen (secondary N) is 1. The largest absolute Gasteiger partial charge is 0.497 e. The number of methoxy groups -OCH3 is 1. The van der Waals surface area contributed by atoms with Crippen molar-refractivity contribution in [3.63, 3.8) is 0 Å². The molecule has 208 valence electrons. The van der Waals surface area contributed by atoms with E-state index in [9.17, 15) is 14.7 Å². The van der Waals surface area contributed by atoms with Gasteiger partial charge in [-0.05, 0) is 53.9 Å². The number of nitrogens with zero attached hydrogens (tertiary/aromatic N) is 2. The number of carbonyl (C=O) groups is 2. The van der Waals surface area contributed by atoms with Gasteiger partial charge in [0.25, 0.3) is 11.8 Å². The van der Waals surface area contributed by atoms with Crippen molar-refractivity contribution in [2.24, 2.45) is 0 Å². The topological polar surface area (TPSA) is 114 Å². The summed E-state index contributed by atoms with van der Waals surface area (Å²) in [5.74, 6) is -2.36. The van der Waals surface area contributed by atoms with E-state index in [1.54, 1.807) is 39.0 Å². The molecule has 0 fully saturated rings.